The summed E-state index contributed by atoms with van der Waals surface area (Å²) >= 11 is 0. The average Bonchev–Trinajstić information content (AvgIpc) is 3.10. The second-order valence-electron chi connectivity index (χ2n) is 5.38. The molecular formula is C13H21N5O. The van der Waals surface area contributed by atoms with Gasteiger partial charge in [-0.05, 0) is 19.3 Å². The number of likely N-dealkylation sites (tertiary alicyclic amines) is 1. The maximum atomic E-state index is 5.48. The van der Waals surface area contributed by atoms with Crippen LogP contribution in [0.25, 0.3) is 0 Å². The summed E-state index contributed by atoms with van der Waals surface area (Å²) < 4.78 is 2.13. The number of hydrogen-bond donors (Lipinski definition) is 0. The zero-order valence-corrected chi connectivity index (χ0v) is 11.4. The van der Waals surface area contributed by atoms with Gasteiger partial charge in [-0.2, -0.15) is 0 Å². The summed E-state index contributed by atoms with van der Waals surface area (Å²) in [5.41, 5.74) is 1.20. The molecule has 1 aromatic heterocycles. The van der Waals surface area contributed by atoms with Gasteiger partial charge in [0.25, 0.3) is 0 Å². The highest BCUT2D eigenvalue weighted by atomic mass is 16.6. The first-order valence-corrected chi connectivity index (χ1v) is 7.13. The number of rotatable bonds is 4. The van der Waals surface area contributed by atoms with Gasteiger partial charge in [-0.1, -0.05) is 12.1 Å². The van der Waals surface area contributed by atoms with Crippen LogP contribution in [0.5, 0.6) is 0 Å². The lowest BCUT2D eigenvalue weighted by Crippen LogP contribution is -2.39. The van der Waals surface area contributed by atoms with E-state index in [1.165, 1.54) is 5.71 Å². The van der Waals surface area contributed by atoms with Crippen LogP contribution in [0, 0.1) is 0 Å². The van der Waals surface area contributed by atoms with Gasteiger partial charge in [0, 0.05) is 32.1 Å². The van der Waals surface area contributed by atoms with E-state index < -0.39 is 0 Å². The van der Waals surface area contributed by atoms with Gasteiger partial charge in [0.15, 0.2) is 0 Å². The van der Waals surface area contributed by atoms with Gasteiger partial charge in [0.2, 0.25) is 0 Å². The fourth-order valence-corrected chi connectivity index (χ4v) is 2.88. The van der Waals surface area contributed by atoms with Crippen LogP contribution in [0.15, 0.2) is 17.8 Å². The molecule has 1 aromatic rings. The minimum atomic E-state index is 0.265. The van der Waals surface area contributed by atoms with Crippen molar-refractivity contribution in [3.63, 3.8) is 0 Å². The molecular weight excluding hydrogens is 242 g/mol. The van der Waals surface area contributed by atoms with Crippen molar-refractivity contribution in [1.82, 2.24) is 19.7 Å². The molecule has 6 heteroatoms. The summed E-state index contributed by atoms with van der Waals surface area (Å²) in [5, 5.41) is 11.9. The van der Waals surface area contributed by atoms with Crippen LogP contribution in [0.3, 0.4) is 0 Å². The fourth-order valence-electron chi connectivity index (χ4n) is 2.88. The van der Waals surface area contributed by atoms with E-state index in [-0.39, 0.29) is 6.10 Å². The Morgan fingerprint density at radius 1 is 1.26 bits per heavy atom. The summed E-state index contributed by atoms with van der Waals surface area (Å²) in [7, 11) is 0. The Labute approximate surface area is 113 Å². The van der Waals surface area contributed by atoms with Crippen LogP contribution in [-0.4, -0.2) is 51.1 Å². The molecule has 0 spiro atoms. The Hall–Kier alpha value is -1.43. The normalized spacial score (nSPS) is 25.3. The fraction of sp³-hybridized carbons (Fsp3) is 0.769. The SMILES string of the molecule is CCC1=NOC(CN2CCC(n3cnnc3)CC2)C1. The number of oxime groups is 1. The van der Waals surface area contributed by atoms with E-state index in [0.29, 0.717) is 6.04 Å². The molecule has 1 saturated heterocycles. The Bertz CT molecular complexity index is 422. The third kappa shape index (κ3) is 2.94. The monoisotopic (exact) mass is 263 g/mol. The number of hydrogen-bond acceptors (Lipinski definition) is 5. The molecule has 1 atom stereocenters. The molecule has 0 aliphatic carbocycles. The minimum absolute atomic E-state index is 0.265. The van der Waals surface area contributed by atoms with Crippen molar-refractivity contribution >= 4 is 5.71 Å². The molecule has 0 bridgehead atoms. The van der Waals surface area contributed by atoms with Crippen molar-refractivity contribution in [3.8, 4) is 0 Å². The van der Waals surface area contributed by atoms with E-state index in [0.717, 1.165) is 45.3 Å². The minimum Gasteiger partial charge on any atom is -0.391 e. The largest absolute Gasteiger partial charge is 0.391 e. The first-order valence-electron chi connectivity index (χ1n) is 7.13. The molecule has 0 N–H and O–H groups in total. The highest BCUT2D eigenvalue weighted by molar-refractivity contribution is 5.85. The predicted octanol–water partition coefficient (Wildman–Crippen LogP) is 1.47. The maximum absolute atomic E-state index is 5.48. The van der Waals surface area contributed by atoms with Gasteiger partial charge in [-0.3, -0.25) is 4.90 Å². The highest BCUT2D eigenvalue weighted by Crippen LogP contribution is 2.23. The molecule has 0 amide bonds. The molecule has 19 heavy (non-hydrogen) atoms. The second kappa shape index (κ2) is 5.69. The summed E-state index contributed by atoms with van der Waals surface area (Å²) in [5.74, 6) is 0. The number of nitrogens with zero attached hydrogens (tertiary/aromatic N) is 5. The van der Waals surface area contributed by atoms with Crippen LogP contribution in [0.1, 0.15) is 38.6 Å². The lowest BCUT2D eigenvalue weighted by molar-refractivity contribution is 0.0426. The molecule has 2 aliphatic heterocycles. The van der Waals surface area contributed by atoms with E-state index in [1.807, 2.05) is 12.7 Å². The standard InChI is InChI=1S/C13H21N5O/c1-2-11-7-13(19-16-11)8-17-5-3-12(4-6-17)18-9-14-15-10-18/h9-10,12-13H,2-8H2,1H3. The Balaban J connectivity index is 1.44. The molecule has 2 aliphatic rings. The third-order valence-corrected chi connectivity index (χ3v) is 4.08. The van der Waals surface area contributed by atoms with E-state index in [2.05, 4.69) is 31.7 Å². The summed E-state index contributed by atoms with van der Waals surface area (Å²) in [4.78, 5) is 7.97. The Kier molecular flexibility index (Phi) is 3.77. The molecule has 0 saturated carbocycles. The first-order chi connectivity index (χ1) is 9.35. The van der Waals surface area contributed by atoms with E-state index in [9.17, 15) is 0 Å². The van der Waals surface area contributed by atoms with Crippen molar-refractivity contribution in [2.75, 3.05) is 19.6 Å². The number of piperidine rings is 1. The summed E-state index contributed by atoms with van der Waals surface area (Å²) in [6.07, 6.45) is 8.23. The Morgan fingerprint density at radius 3 is 2.63 bits per heavy atom. The van der Waals surface area contributed by atoms with Crippen LogP contribution in [0.4, 0.5) is 0 Å². The van der Waals surface area contributed by atoms with Gasteiger partial charge in [0.05, 0.1) is 5.71 Å². The molecule has 1 unspecified atom stereocenters. The lowest BCUT2D eigenvalue weighted by Gasteiger charge is -2.33. The molecule has 6 nitrogen and oxygen atoms in total. The van der Waals surface area contributed by atoms with Crippen molar-refractivity contribution in [3.05, 3.63) is 12.7 Å². The van der Waals surface area contributed by atoms with E-state index in [1.54, 1.807) is 0 Å². The van der Waals surface area contributed by atoms with Crippen LogP contribution in [0.2, 0.25) is 0 Å². The molecule has 3 heterocycles. The van der Waals surface area contributed by atoms with Gasteiger partial charge in [0.1, 0.15) is 18.8 Å². The number of aromatic nitrogens is 3. The topological polar surface area (TPSA) is 55.5 Å². The molecule has 0 radical (unpaired) electrons. The highest BCUT2D eigenvalue weighted by Gasteiger charge is 2.26. The molecule has 3 rings (SSSR count). The lowest BCUT2D eigenvalue weighted by atomic mass is 10.0. The molecule has 1 fully saturated rings. The average molecular weight is 263 g/mol. The molecule has 104 valence electrons. The van der Waals surface area contributed by atoms with Crippen LogP contribution >= 0.6 is 0 Å². The van der Waals surface area contributed by atoms with Crippen LogP contribution < -0.4 is 0 Å². The van der Waals surface area contributed by atoms with E-state index >= 15 is 0 Å². The first kappa shape index (κ1) is 12.6. The van der Waals surface area contributed by atoms with E-state index in [4.69, 9.17) is 4.84 Å². The zero-order chi connectivity index (χ0) is 13.1. The van der Waals surface area contributed by atoms with Crippen LogP contribution in [-0.2, 0) is 4.84 Å². The van der Waals surface area contributed by atoms with Gasteiger partial charge in [-0.25, -0.2) is 0 Å². The zero-order valence-electron chi connectivity index (χ0n) is 11.4. The van der Waals surface area contributed by atoms with Crippen molar-refractivity contribution in [2.24, 2.45) is 5.16 Å². The van der Waals surface area contributed by atoms with Crippen molar-refractivity contribution < 1.29 is 4.84 Å². The maximum Gasteiger partial charge on any atom is 0.145 e. The third-order valence-electron chi connectivity index (χ3n) is 4.08. The van der Waals surface area contributed by atoms with Gasteiger partial charge < -0.3 is 9.40 Å². The van der Waals surface area contributed by atoms with Gasteiger partial charge >= 0.3 is 0 Å². The Morgan fingerprint density at radius 2 is 2.00 bits per heavy atom. The predicted molar refractivity (Wildman–Crippen MR) is 71.9 cm³/mol. The van der Waals surface area contributed by atoms with Crippen molar-refractivity contribution in [2.45, 2.75) is 44.8 Å². The smallest absolute Gasteiger partial charge is 0.145 e. The van der Waals surface area contributed by atoms with Crippen molar-refractivity contribution in [1.29, 1.82) is 0 Å². The summed E-state index contributed by atoms with van der Waals surface area (Å²) in [6, 6.07) is 0.554. The molecule has 0 aromatic carbocycles. The van der Waals surface area contributed by atoms with Gasteiger partial charge in [-0.15, -0.1) is 10.2 Å². The quantitative estimate of drug-likeness (QED) is 0.825. The summed E-state index contributed by atoms with van der Waals surface area (Å²) in [6.45, 7) is 5.37. The second-order valence-corrected chi connectivity index (χ2v) is 5.38.